The molecule has 0 amide bonds. The van der Waals surface area contributed by atoms with Crippen LogP contribution in [0.1, 0.15) is 323 Å². The summed E-state index contributed by atoms with van der Waals surface area (Å²) in [7, 11) is 0. The van der Waals surface area contributed by atoms with E-state index in [9.17, 15) is 14.4 Å². The number of esters is 3. The highest BCUT2D eigenvalue weighted by molar-refractivity contribution is 5.71. The highest BCUT2D eigenvalue weighted by Gasteiger charge is 2.19. The molecule has 0 rings (SSSR count). The van der Waals surface area contributed by atoms with E-state index in [2.05, 4.69) is 118 Å². The van der Waals surface area contributed by atoms with Crippen LogP contribution in [-0.4, -0.2) is 37.2 Å². The molecular weight excluding hydrogens is 961 g/mol. The van der Waals surface area contributed by atoms with Crippen molar-refractivity contribution in [2.75, 3.05) is 13.2 Å². The van der Waals surface area contributed by atoms with Gasteiger partial charge in [-0.1, -0.05) is 291 Å². The molecule has 0 spiro atoms. The van der Waals surface area contributed by atoms with Gasteiger partial charge in [-0.05, 0) is 109 Å². The van der Waals surface area contributed by atoms with E-state index in [-0.39, 0.29) is 37.5 Å². The van der Waals surface area contributed by atoms with Crippen molar-refractivity contribution in [1.29, 1.82) is 0 Å². The molecule has 0 N–H and O–H groups in total. The number of rotatable bonds is 60. The van der Waals surface area contributed by atoms with Crippen molar-refractivity contribution >= 4 is 17.9 Å². The lowest BCUT2D eigenvalue weighted by atomic mass is 10.0. The zero-order valence-corrected chi connectivity index (χ0v) is 51.4. The van der Waals surface area contributed by atoms with Crippen LogP contribution in [0.25, 0.3) is 0 Å². The van der Waals surface area contributed by atoms with Gasteiger partial charge in [0.2, 0.25) is 0 Å². The number of hydrogen-bond donors (Lipinski definition) is 0. The minimum Gasteiger partial charge on any atom is -0.462 e. The van der Waals surface area contributed by atoms with Gasteiger partial charge in [-0.15, -0.1) is 0 Å². The molecule has 0 bridgehead atoms. The van der Waals surface area contributed by atoms with E-state index in [4.69, 9.17) is 14.2 Å². The molecule has 1 atom stereocenters. The Morgan fingerprint density at radius 3 is 0.885 bits per heavy atom. The van der Waals surface area contributed by atoms with Crippen molar-refractivity contribution in [3.63, 3.8) is 0 Å². The molecule has 0 saturated carbocycles. The van der Waals surface area contributed by atoms with Gasteiger partial charge in [0.1, 0.15) is 13.2 Å². The van der Waals surface area contributed by atoms with E-state index in [1.165, 1.54) is 173 Å². The second kappa shape index (κ2) is 65.8. The Kier molecular flexibility index (Phi) is 62.7. The fraction of sp³-hybridized carbons (Fsp3) is 0.736. The summed E-state index contributed by atoms with van der Waals surface area (Å²) >= 11 is 0. The van der Waals surface area contributed by atoms with E-state index in [0.29, 0.717) is 19.3 Å². The van der Waals surface area contributed by atoms with Crippen LogP contribution in [0.3, 0.4) is 0 Å². The van der Waals surface area contributed by atoms with Crippen molar-refractivity contribution in [2.24, 2.45) is 0 Å². The van der Waals surface area contributed by atoms with Crippen LogP contribution >= 0.6 is 0 Å². The second-order valence-corrected chi connectivity index (χ2v) is 22.0. The summed E-state index contributed by atoms with van der Waals surface area (Å²) in [5, 5.41) is 0. The molecule has 0 saturated heterocycles. The standard InChI is InChI=1S/C72H124O6/c1-4-7-10-13-16-19-22-24-26-28-29-30-31-32-33-34-35-36-37-38-39-40-41-42-43-45-46-48-50-53-56-59-62-65-71(74)77-68-69(67-76-70(73)64-61-58-55-52-21-18-15-12-9-6-3)78-72(75)66-63-60-57-54-51-49-47-44-27-25-23-20-17-14-11-8-5-2/h8,11-12,15,17,20,22,24-25,27-29,47,49,54,57,69H,4-7,9-10,13-14,16,18-19,21,23,26,30-46,48,50-53,55-56,58-68H2,1-3H3/b11-8-,15-12-,20-17-,24-22-,27-25-,29-28-,49-47-,57-54-. The second-order valence-electron chi connectivity index (χ2n) is 22.0. The lowest BCUT2D eigenvalue weighted by Crippen LogP contribution is -2.30. The molecule has 0 aromatic heterocycles. The molecule has 0 aromatic rings. The smallest absolute Gasteiger partial charge is 0.306 e. The SMILES string of the molecule is CC/C=C\C/C=C\C/C=C\C/C=C\C/C=C\CCCC(=O)OC(COC(=O)CCCCCCC/C=C\CCC)COC(=O)CCCCCCCCCCCCCCCCCCCCCCC/C=C\C/C=C\CCCCCCC. The largest absolute Gasteiger partial charge is 0.462 e. The Morgan fingerprint density at radius 2 is 0.538 bits per heavy atom. The quantitative estimate of drug-likeness (QED) is 0.0261. The highest BCUT2D eigenvalue weighted by Crippen LogP contribution is 2.17. The molecule has 0 fully saturated rings. The molecule has 6 nitrogen and oxygen atoms in total. The number of unbranched alkanes of at least 4 members (excludes halogenated alkanes) is 33. The van der Waals surface area contributed by atoms with Crippen LogP contribution < -0.4 is 0 Å². The predicted molar refractivity (Wildman–Crippen MR) is 339 cm³/mol. The Labute approximate surface area is 483 Å². The van der Waals surface area contributed by atoms with Gasteiger partial charge in [0.15, 0.2) is 6.10 Å². The van der Waals surface area contributed by atoms with E-state index in [0.717, 1.165) is 103 Å². The van der Waals surface area contributed by atoms with Crippen LogP contribution in [0, 0.1) is 0 Å². The molecule has 78 heavy (non-hydrogen) atoms. The molecule has 0 heterocycles. The molecule has 0 aliphatic heterocycles. The molecular formula is C72H124O6. The lowest BCUT2D eigenvalue weighted by Gasteiger charge is -2.18. The zero-order valence-electron chi connectivity index (χ0n) is 51.4. The summed E-state index contributed by atoms with van der Waals surface area (Å²) in [6, 6.07) is 0. The third-order valence-corrected chi connectivity index (χ3v) is 14.3. The van der Waals surface area contributed by atoms with Crippen molar-refractivity contribution < 1.29 is 28.6 Å². The van der Waals surface area contributed by atoms with Crippen molar-refractivity contribution in [3.8, 4) is 0 Å². The van der Waals surface area contributed by atoms with E-state index in [1.54, 1.807) is 0 Å². The van der Waals surface area contributed by atoms with Gasteiger partial charge < -0.3 is 14.2 Å². The third-order valence-electron chi connectivity index (χ3n) is 14.3. The monoisotopic (exact) mass is 1080 g/mol. The summed E-state index contributed by atoms with van der Waals surface area (Å²) in [6.45, 7) is 6.42. The summed E-state index contributed by atoms with van der Waals surface area (Å²) in [6.07, 6.45) is 88.9. The first-order valence-electron chi connectivity index (χ1n) is 33.2. The van der Waals surface area contributed by atoms with Gasteiger partial charge in [-0.2, -0.15) is 0 Å². The predicted octanol–water partition coefficient (Wildman–Crippen LogP) is 22.8. The Bertz CT molecular complexity index is 1530. The van der Waals surface area contributed by atoms with Gasteiger partial charge in [0.05, 0.1) is 0 Å². The molecule has 0 radical (unpaired) electrons. The Hall–Kier alpha value is -3.67. The average Bonchev–Trinajstić information content (AvgIpc) is 3.44. The molecule has 0 aromatic carbocycles. The van der Waals surface area contributed by atoms with Gasteiger partial charge in [-0.25, -0.2) is 0 Å². The number of allylic oxidation sites excluding steroid dienone is 16. The summed E-state index contributed by atoms with van der Waals surface area (Å²) < 4.78 is 16.8. The maximum absolute atomic E-state index is 12.8. The van der Waals surface area contributed by atoms with E-state index in [1.807, 2.05) is 0 Å². The first-order chi connectivity index (χ1) is 38.5. The van der Waals surface area contributed by atoms with Crippen LogP contribution in [0.5, 0.6) is 0 Å². The van der Waals surface area contributed by atoms with Crippen molar-refractivity contribution in [2.45, 2.75) is 329 Å². The minimum absolute atomic E-state index is 0.101. The zero-order chi connectivity index (χ0) is 56.4. The van der Waals surface area contributed by atoms with Crippen LogP contribution in [0.15, 0.2) is 97.2 Å². The molecule has 6 heteroatoms. The molecule has 1 unspecified atom stereocenters. The van der Waals surface area contributed by atoms with Gasteiger partial charge in [-0.3, -0.25) is 14.4 Å². The number of carbonyl (C=O) groups is 3. The summed E-state index contributed by atoms with van der Waals surface area (Å²) in [5.74, 6) is -0.963. The number of hydrogen-bond acceptors (Lipinski definition) is 6. The van der Waals surface area contributed by atoms with Gasteiger partial charge >= 0.3 is 17.9 Å². The summed E-state index contributed by atoms with van der Waals surface area (Å²) in [4.78, 5) is 38.2. The van der Waals surface area contributed by atoms with Crippen LogP contribution in [-0.2, 0) is 28.6 Å². The average molecular weight is 1090 g/mol. The molecule has 0 aliphatic rings. The fourth-order valence-electron chi connectivity index (χ4n) is 9.34. The molecule has 0 aliphatic carbocycles. The van der Waals surface area contributed by atoms with Crippen LogP contribution in [0.4, 0.5) is 0 Å². The Balaban J connectivity index is 4.13. The topological polar surface area (TPSA) is 78.9 Å². The van der Waals surface area contributed by atoms with Gasteiger partial charge in [0.25, 0.3) is 0 Å². The van der Waals surface area contributed by atoms with Crippen LogP contribution in [0.2, 0.25) is 0 Å². The van der Waals surface area contributed by atoms with E-state index < -0.39 is 6.10 Å². The fourth-order valence-corrected chi connectivity index (χ4v) is 9.34. The highest BCUT2D eigenvalue weighted by atomic mass is 16.6. The first-order valence-corrected chi connectivity index (χ1v) is 33.2. The lowest BCUT2D eigenvalue weighted by molar-refractivity contribution is -0.167. The molecule has 448 valence electrons. The normalized spacial score (nSPS) is 12.7. The minimum atomic E-state index is -0.810. The maximum Gasteiger partial charge on any atom is 0.306 e. The maximum atomic E-state index is 12.8. The van der Waals surface area contributed by atoms with Crippen molar-refractivity contribution in [1.82, 2.24) is 0 Å². The number of carbonyl (C=O) groups excluding carboxylic acids is 3. The number of ether oxygens (including phenoxy) is 3. The summed E-state index contributed by atoms with van der Waals surface area (Å²) in [5.41, 5.74) is 0. The third kappa shape index (κ3) is 63.2. The van der Waals surface area contributed by atoms with Crippen molar-refractivity contribution in [3.05, 3.63) is 97.2 Å². The van der Waals surface area contributed by atoms with E-state index >= 15 is 0 Å². The van der Waals surface area contributed by atoms with Gasteiger partial charge in [0, 0.05) is 19.3 Å². The first kappa shape index (κ1) is 74.3. The Morgan fingerprint density at radius 1 is 0.269 bits per heavy atom.